The van der Waals surface area contributed by atoms with Crippen LogP contribution in [-0.4, -0.2) is 22.4 Å². The van der Waals surface area contributed by atoms with Gasteiger partial charge in [-0.1, -0.05) is 18.2 Å². The van der Waals surface area contributed by atoms with Gasteiger partial charge in [0.1, 0.15) is 5.52 Å². The average molecular weight is 252 g/mol. The summed E-state index contributed by atoms with van der Waals surface area (Å²) >= 11 is 0. The molecule has 0 saturated heterocycles. The minimum atomic E-state index is -0.731. The van der Waals surface area contributed by atoms with E-state index in [1.54, 1.807) is 18.2 Å². The van der Waals surface area contributed by atoms with Gasteiger partial charge < -0.3 is 4.74 Å². The monoisotopic (exact) mass is 252 g/mol. The number of carbonyl (C=O) groups excluding carboxylic acids is 2. The molecular formula is C14H8N2O3. The van der Waals surface area contributed by atoms with Crippen molar-refractivity contribution >= 4 is 34.5 Å². The largest absolute Gasteiger partial charge is 0.392 e. The summed E-state index contributed by atoms with van der Waals surface area (Å²) in [6.45, 7) is 0.107. The second kappa shape index (κ2) is 4.45. The molecular weight excluding hydrogens is 244 g/mol. The minimum Gasteiger partial charge on any atom is -0.392 e. The molecule has 3 aromatic rings. The number of esters is 1. The van der Waals surface area contributed by atoms with E-state index in [9.17, 15) is 9.59 Å². The average Bonchev–Trinajstić information content (AvgIpc) is 2.44. The molecule has 92 valence electrons. The fourth-order valence-corrected chi connectivity index (χ4v) is 1.91. The number of carbonyl (C=O) groups is 2. The Bertz CT molecular complexity index is 799. The van der Waals surface area contributed by atoms with E-state index in [1.807, 2.05) is 24.3 Å². The summed E-state index contributed by atoms with van der Waals surface area (Å²) in [5.41, 5.74) is 2.66. The zero-order valence-electron chi connectivity index (χ0n) is 9.74. The van der Waals surface area contributed by atoms with Crippen molar-refractivity contribution in [2.24, 2.45) is 0 Å². The molecule has 1 heterocycles. The van der Waals surface area contributed by atoms with Crippen molar-refractivity contribution in [1.82, 2.24) is 9.97 Å². The molecule has 0 atom stereocenters. The first-order valence-electron chi connectivity index (χ1n) is 5.60. The summed E-state index contributed by atoms with van der Waals surface area (Å²) in [4.78, 5) is 30.8. The summed E-state index contributed by atoms with van der Waals surface area (Å²) in [6.07, 6.45) is 0. The number of aromatic nitrogens is 2. The Morgan fingerprint density at radius 2 is 1.63 bits per heavy atom. The second-order valence-electron chi connectivity index (χ2n) is 3.89. The lowest BCUT2D eigenvalue weighted by atomic mass is 10.1. The second-order valence-corrected chi connectivity index (χ2v) is 3.89. The van der Waals surface area contributed by atoms with Gasteiger partial charge in [-0.15, -0.1) is 0 Å². The highest BCUT2D eigenvalue weighted by molar-refractivity contribution is 6.04. The van der Waals surface area contributed by atoms with E-state index in [1.165, 1.54) is 0 Å². The van der Waals surface area contributed by atoms with Gasteiger partial charge in [0.15, 0.2) is 0 Å². The van der Waals surface area contributed by atoms with Crippen LogP contribution in [0.15, 0.2) is 42.5 Å². The van der Waals surface area contributed by atoms with Crippen molar-refractivity contribution in [1.29, 1.82) is 0 Å². The van der Waals surface area contributed by atoms with Gasteiger partial charge in [-0.2, -0.15) is 0 Å². The predicted octanol–water partition coefficient (Wildman–Crippen LogP) is 2.10. The normalized spacial score (nSPS) is 10.5. The molecule has 0 aliphatic carbocycles. The van der Waals surface area contributed by atoms with Crippen LogP contribution in [0.1, 0.15) is 10.4 Å². The van der Waals surface area contributed by atoms with E-state index >= 15 is 0 Å². The molecule has 1 aromatic heterocycles. The highest BCUT2D eigenvalue weighted by Gasteiger charge is 2.13. The molecule has 3 rings (SSSR count). The van der Waals surface area contributed by atoms with Crippen molar-refractivity contribution in [2.45, 2.75) is 0 Å². The quantitative estimate of drug-likeness (QED) is 0.302. The lowest BCUT2D eigenvalue weighted by molar-refractivity contribution is -0.123. The summed E-state index contributed by atoms with van der Waals surface area (Å²) in [7, 11) is 0. The van der Waals surface area contributed by atoms with E-state index < -0.39 is 5.97 Å². The first kappa shape index (κ1) is 11.3. The first-order chi connectivity index (χ1) is 9.29. The van der Waals surface area contributed by atoms with Gasteiger partial charge in [-0.25, -0.2) is 14.8 Å². The van der Waals surface area contributed by atoms with Crippen molar-refractivity contribution in [3.8, 4) is 0 Å². The van der Waals surface area contributed by atoms with Crippen LogP contribution in [0.3, 0.4) is 0 Å². The molecule has 5 heteroatoms. The molecule has 0 saturated carbocycles. The molecule has 0 N–H and O–H groups in total. The SMILES string of the molecule is O=COC(=O)c1cccc2nc3ccccc3nc12. The number of fused-ring (bicyclic) bond motifs is 2. The molecule has 19 heavy (non-hydrogen) atoms. The Morgan fingerprint density at radius 3 is 2.37 bits per heavy atom. The summed E-state index contributed by atoms with van der Waals surface area (Å²) in [6, 6.07) is 12.3. The van der Waals surface area contributed by atoms with Gasteiger partial charge in [0.25, 0.3) is 0 Å². The van der Waals surface area contributed by atoms with Gasteiger partial charge in [0.05, 0.1) is 22.1 Å². The predicted molar refractivity (Wildman–Crippen MR) is 68.5 cm³/mol. The number of hydrogen-bond acceptors (Lipinski definition) is 5. The molecule has 0 amide bonds. The minimum absolute atomic E-state index is 0.107. The maximum Gasteiger partial charge on any atom is 0.347 e. The van der Waals surface area contributed by atoms with Crippen LogP contribution in [0.2, 0.25) is 0 Å². The number of para-hydroxylation sites is 3. The Kier molecular flexibility index (Phi) is 2.64. The van der Waals surface area contributed by atoms with Gasteiger partial charge >= 0.3 is 12.4 Å². The van der Waals surface area contributed by atoms with Crippen LogP contribution in [0.25, 0.3) is 22.1 Å². The number of hydrogen-bond donors (Lipinski definition) is 0. The number of rotatable bonds is 2. The third-order valence-electron chi connectivity index (χ3n) is 2.74. The number of ether oxygens (including phenoxy) is 1. The van der Waals surface area contributed by atoms with E-state index in [2.05, 4.69) is 14.7 Å². The smallest absolute Gasteiger partial charge is 0.347 e. The molecule has 0 bridgehead atoms. The molecule has 0 unspecified atom stereocenters. The molecule has 5 nitrogen and oxygen atoms in total. The molecule has 2 aromatic carbocycles. The van der Waals surface area contributed by atoms with Gasteiger partial charge in [-0.05, 0) is 24.3 Å². The third kappa shape index (κ3) is 1.91. The standard InChI is InChI=1S/C14H8N2O3/c17-8-19-14(18)9-4-3-7-12-13(9)16-11-6-2-1-5-10(11)15-12/h1-8H. The third-order valence-corrected chi connectivity index (χ3v) is 2.74. The van der Waals surface area contributed by atoms with Crippen LogP contribution in [0.5, 0.6) is 0 Å². The maximum absolute atomic E-state index is 11.7. The van der Waals surface area contributed by atoms with E-state index in [4.69, 9.17) is 0 Å². The molecule has 0 radical (unpaired) electrons. The van der Waals surface area contributed by atoms with Crippen molar-refractivity contribution < 1.29 is 14.3 Å². The van der Waals surface area contributed by atoms with Gasteiger partial charge in [0, 0.05) is 0 Å². The molecule has 0 spiro atoms. The number of benzene rings is 2. The fraction of sp³-hybridized carbons (Fsp3) is 0. The Hall–Kier alpha value is -2.82. The Balaban J connectivity index is 2.32. The van der Waals surface area contributed by atoms with Gasteiger partial charge in [-0.3, -0.25) is 4.79 Å². The Morgan fingerprint density at radius 1 is 0.947 bits per heavy atom. The van der Waals surface area contributed by atoms with Crippen LogP contribution >= 0.6 is 0 Å². The van der Waals surface area contributed by atoms with E-state index in [0.717, 1.165) is 5.52 Å². The lowest BCUT2D eigenvalue weighted by Crippen LogP contribution is -2.05. The lowest BCUT2D eigenvalue weighted by Gasteiger charge is -2.04. The zero-order chi connectivity index (χ0) is 13.2. The van der Waals surface area contributed by atoms with Gasteiger partial charge in [0.2, 0.25) is 0 Å². The van der Waals surface area contributed by atoms with Crippen LogP contribution in [0.4, 0.5) is 0 Å². The fourth-order valence-electron chi connectivity index (χ4n) is 1.91. The number of nitrogens with zero attached hydrogens (tertiary/aromatic N) is 2. The maximum atomic E-state index is 11.7. The molecule has 0 aliphatic heterocycles. The van der Waals surface area contributed by atoms with Crippen LogP contribution < -0.4 is 0 Å². The zero-order valence-corrected chi connectivity index (χ0v) is 9.74. The summed E-state index contributed by atoms with van der Waals surface area (Å²) in [5, 5.41) is 0. The summed E-state index contributed by atoms with van der Waals surface area (Å²) < 4.78 is 4.36. The topological polar surface area (TPSA) is 69.2 Å². The van der Waals surface area contributed by atoms with Crippen molar-refractivity contribution in [2.75, 3.05) is 0 Å². The van der Waals surface area contributed by atoms with E-state index in [0.29, 0.717) is 16.6 Å². The highest BCUT2D eigenvalue weighted by Crippen LogP contribution is 2.19. The first-order valence-corrected chi connectivity index (χ1v) is 5.60. The highest BCUT2D eigenvalue weighted by atomic mass is 16.6. The van der Waals surface area contributed by atoms with Crippen LogP contribution in [-0.2, 0) is 9.53 Å². The Labute approximate surface area is 107 Å². The molecule has 0 fully saturated rings. The van der Waals surface area contributed by atoms with Crippen LogP contribution in [0, 0.1) is 0 Å². The molecule has 0 aliphatic rings. The van der Waals surface area contributed by atoms with E-state index in [-0.39, 0.29) is 12.0 Å². The van der Waals surface area contributed by atoms with Crippen molar-refractivity contribution in [3.05, 3.63) is 48.0 Å². The van der Waals surface area contributed by atoms with Crippen molar-refractivity contribution in [3.63, 3.8) is 0 Å². The summed E-state index contributed by atoms with van der Waals surface area (Å²) in [5.74, 6) is -0.731.